The average Bonchev–Trinajstić information content (AvgIpc) is 2.43. The second-order valence-corrected chi connectivity index (χ2v) is 8.58. The number of para-hydroxylation sites is 1. The third-order valence-electron chi connectivity index (χ3n) is 3.55. The smallest absolute Gasteiger partial charge is 0.117 e. The molecule has 0 atom stereocenters. The molecule has 0 aliphatic carbocycles. The highest BCUT2D eigenvalue weighted by molar-refractivity contribution is 7.71. The Morgan fingerprint density at radius 1 is 1.00 bits per heavy atom. The summed E-state index contributed by atoms with van der Waals surface area (Å²) in [5, 5.41) is 1.09. The maximum Gasteiger partial charge on any atom is 0.117 e. The third kappa shape index (κ3) is 4.38. The first-order valence-electron chi connectivity index (χ1n) is 7.40. The maximum atomic E-state index is 13.4. The zero-order chi connectivity index (χ0) is 14.3. The molecule has 0 bridgehead atoms. The first-order valence-corrected chi connectivity index (χ1v) is 9.48. The zero-order valence-corrected chi connectivity index (χ0v) is 13.7. The minimum Gasteiger partial charge on any atom is -0.377 e. The van der Waals surface area contributed by atoms with Crippen LogP contribution in [-0.4, -0.2) is 26.4 Å². The molecule has 0 heterocycles. The van der Waals surface area contributed by atoms with E-state index in [9.17, 15) is 4.57 Å². The molecule has 0 amide bonds. The lowest BCUT2D eigenvalue weighted by Crippen LogP contribution is -2.21. The van der Waals surface area contributed by atoms with Gasteiger partial charge in [-0.1, -0.05) is 38.8 Å². The van der Waals surface area contributed by atoms with E-state index >= 15 is 0 Å². The van der Waals surface area contributed by atoms with Gasteiger partial charge in [-0.25, -0.2) is 0 Å². The van der Waals surface area contributed by atoms with Crippen molar-refractivity contribution in [3.8, 4) is 0 Å². The van der Waals surface area contributed by atoms with Gasteiger partial charge < -0.3 is 9.46 Å². The van der Waals surface area contributed by atoms with Crippen LogP contribution in [0.1, 0.15) is 39.5 Å². The van der Waals surface area contributed by atoms with E-state index in [-0.39, 0.29) is 0 Å². The van der Waals surface area contributed by atoms with Gasteiger partial charge in [0.1, 0.15) is 7.14 Å². The molecule has 3 heteroatoms. The molecular weight excluding hydrogens is 253 g/mol. The monoisotopic (exact) mass is 281 g/mol. The van der Waals surface area contributed by atoms with Gasteiger partial charge in [-0.05, 0) is 25.0 Å². The second-order valence-electron chi connectivity index (χ2n) is 5.43. The predicted octanol–water partition coefficient (Wildman–Crippen LogP) is 4.34. The van der Waals surface area contributed by atoms with Crippen LogP contribution in [0.2, 0.25) is 0 Å². The molecule has 0 aliphatic rings. The number of unbranched alkanes of at least 4 members (excludes halogenated alkanes) is 2. The molecular formula is C16H28NOP. The van der Waals surface area contributed by atoms with Crippen molar-refractivity contribution in [2.75, 3.05) is 31.3 Å². The largest absolute Gasteiger partial charge is 0.377 e. The minimum absolute atomic E-state index is 0.856. The first-order chi connectivity index (χ1) is 9.05. The molecule has 19 heavy (non-hydrogen) atoms. The fourth-order valence-electron chi connectivity index (χ4n) is 2.37. The standard InChI is InChI=1S/C16H28NOP/c1-5-7-13-19(18,14-8-6-2)16-12-10-9-11-15(16)17(3)4/h9-12H,5-8,13-14H2,1-4H3. The summed E-state index contributed by atoms with van der Waals surface area (Å²) in [6, 6.07) is 8.21. The van der Waals surface area contributed by atoms with Gasteiger partial charge in [0.25, 0.3) is 0 Å². The van der Waals surface area contributed by atoms with Gasteiger partial charge in [0.05, 0.1) is 0 Å². The molecule has 1 aromatic carbocycles. The summed E-state index contributed by atoms with van der Waals surface area (Å²) in [6.07, 6.45) is 6.05. The third-order valence-corrected chi connectivity index (χ3v) is 6.88. The molecule has 0 N–H and O–H groups in total. The molecule has 1 rings (SSSR count). The Hall–Kier alpha value is -0.750. The molecule has 1 aromatic rings. The van der Waals surface area contributed by atoms with Crippen LogP contribution in [0, 0.1) is 0 Å². The van der Waals surface area contributed by atoms with Crippen LogP contribution in [0.3, 0.4) is 0 Å². The van der Waals surface area contributed by atoms with E-state index < -0.39 is 7.14 Å². The number of rotatable bonds is 8. The maximum absolute atomic E-state index is 13.4. The van der Waals surface area contributed by atoms with Crippen LogP contribution in [0.25, 0.3) is 0 Å². The lowest BCUT2D eigenvalue weighted by Gasteiger charge is -2.24. The van der Waals surface area contributed by atoms with Crippen molar-refractivity contribution in [1.29, 1.82) is 0 Å². The number of anilines is 1. The van der Waals surface area contributed by atoms with Crippen LogP contribution in [0.5, 0.6) is 0 Å². The summed E-state index contributed by atoms with van der Waals surface area (Å²) in [5.74, 6) is 0. The molecule has 0 spiro atoms. The van der Waals surface area contributed by atoms with E-state index in [1.54, 1.807) is 0 Å². The summed E-state index contributed by atoms with van der Waals surface area (Å²) in [4.78, 5) is 2.08. The number of benzene rings is 1. The Balaban J connectivity index is 3.13. The summed E-state index contributed by atoms with van der Waals surface area (Å²) in [6.45, 7) is 4.34. The van der Waals surface area contributed by atoms with Gasteiger partial charge in [-0.2, -0.15) is 0 Å². The van der Waals surface area contributed by atoms with E-state index in [1.165, 1.54) is 0 Å². The Kier molecular flexibility index (Phi) is 6.65. The summed E-state index contributed by atoms with van der Waals surface area (Å²) < 4.78 is 13.4. The average molecular weight is 281 g/mol. The van der Waals surface area contributed by atoms with Crippen molar-refractivity contribution in [3.05, 3.63) is 24.3 Å². The molecule has 0 saturated carbocycles. The SMILES string of the molecule is CCCCP(=O)(CCCC)c1ccccc1N(C)C. The van der Waals surface area contributed by atoms with E-state index in [0.717, 1.165) is 49.0 Å². The predicted molar refractivity (Wildman–Crippen MR) is 87.6 cm³/mol. The molecule has 0 fully saturated rings. The highest BCUT2D eigenvalue weighted by Crippen LogP contribution is 2.48. The van der Waals surface area contributed by atoms with Crippen molar-refractivity contribution < 1.29 is 4.57 Å². The van der Waals surface area contributed by atoms with Crippen molar-refractivity contribution in [3.63, 3.8) is 0 Å². The molecule has 2 nitrogen and oxygen atoms in total. The molecule has 108 valence electrons. The summed E-state index contributed by atoms with van der Waals surface area (Å²) >= 11 is 0. The van der Waals surface area contributed by atoms with Gasteiger partial charge >= 0.3 is 0 Å². The molecule has 0 unspecified atom stereocenters. The Bertz CT molecular complexity index is 417. The van der Waals surface area contributed by atoms with E-state index in [1.807, 2.05) is 26.2 Å². The Morgan fingerprint density at radius 3 is 2.00 bits per heavy atom. The van der Waals surface area contributed by atoms with Gasteiger partial charge in [0.15, 0.2) is 0 Å². The fourth-order valence-corrected chi connectivity index (χ4v) is 5.78. The van der Waals surface area contributed by atoms with Crippen molar-refractivity contribution >= 4 is 18.1 Å². The van der Waals surface area contributed by atoms with Crippen LogP contribution in [0.4, 0.5) is 5.69 Å². The number of nitrogens with zero attached hydrogens (tertiary/aromatic N) is 1. The summed E-state index contributed by atoms with van der Waals surface area (Å²) in [5.41, 5.74) is 1.12. The molecule has 0 aromatic heterocycles. The zero-order valence-electron chi connectivity index (χ0n) is 12.9. The van der Waals surface area contributed by atoms with Crippen molar-refractivity contribution in [1.82, 2.24) is 0 Å². The lowest BCUT2D eigenvalue weighted by atomic mass is 10.3. The van der Waals surface area contributed by atoms with Crippen LogP contribution in [0.15, 0.2) is 24.3 Å². The first kappa shape index (κ1) is 16.3. The minimum atomic E-state index is -2.24. The van der Waals surface area contributed by atoms with Gasteiger partial charge in [0, 0.05) is 37.4 Å². The van der Waals surface area contributed by atoms with E-state index in [4.69, 9.17) is 0 Å². The highest BCUT2D eigenvalue weighted by atomic mass is 31.2. The number of hydrogen-bond donors (Lipinski definition) is 0. The normalized spacial score (nSPS) is 11.6. The van der Waals surface area contributed by atoms with Gasteiger partial charge in [-0.15, -0.1) is 0 Å². The van der Waals surface area contributed by atoms with Gasteiger partial charge in [0.2, 0.25) is 0 Å². The number of hydrogen-bond acceptors (Lipinski definition) is 2. The fraction of sp³-hybridized carbons (Fsp3) is 0.625. The van der Waals surface area contributed by atoms with Gasteiger partial charge in [-0.3, -0.25) is 0 Å². The van der Waals surface area contributed by atoms with E-state index in [0.29, 0.717) is 0 Å². The van der Waals surface area contributed by atoms with Crippen LogP contribution < -0.4 is 10.2 Å². The quantitative estimate of drug-likeness (QED) is 0.661. The topological polar surface area (TPSA) is 20.3 Å². The van der Waals surface area contributed by atoms with Crippen molar-refractivity contribution in [2.45, 2.75) is 39.5 Å². The Labute approximate surface area is 118 Å². The highest BCUT2D eigenvalue weighted by Gasteiger charge is 2.26. The lowest BCUT2D eigenvalue weighted by molar-refractivity contribution is 0.576. The van der Waals surface area contributed by atoms with Crippen LogP contribution in [-0.2, 0) is 4.57 Å². The van der Waals surface area contributed by atoms with Crippen molar-refractivity contribution in [2.24, 2.45) is 0 Å². The molecule has 0 radical (unpaired) electrons. The van der Waals surface area contributed by atoms with Crippen LogP contribution >= 0.6 is 7.14 Å². The summed E-state index contributed by atoms with van der Waals surface area (Å²) in [7, 11) is 1.82. The molecule has 0 aliphatic heterocycles. The molecule has 0 saturated heterocycles. The second kappa shape index (κ2) is 7.75. The van der Waals surface area contributed by atoms with E-state index in [2.05, 4.69) is 30.9 Å². The Morgan fingerprint density at radius 2 is 1.53 bits per heavy atom.